The third-order valence-corrected chi connectivity index (χ3v) is 0.331. The SMILES string of the molecule is NC(N)=S.c1c[nH]nn1. The van der Waals surface area contributed by atoms with Gasteiger partial charge in [0.25, 0.3) is 0 Å². The first-order chi connectivity index (χ1) is 4.23. The van der Waals surface area contributed by atoms with Crippen LogP contribution in [0.2, 0.25) is 0 Å². The quantitative estimate of drug-likeness (QED) is 0.407. The highest BCUT2D eigenvalue weighted by Crippen LogP contribution is 1.55. The smallest absolute Gasteiger partial charge is 0.160 e. The molecule has 0 aliphatic carbocycles. The van der Waals surface area contributed by atoms with Crippen molar-refractivity contribution < 1.29 is 0 Å². The lowest BCUT2D eigenvalue weighted by molar-refractivity contribution is 0.940. The van der Waals surface area contributed by atoms with Crippen molar-refractivity contribution in [1.29, 1.82) is 0 Å². The van der Waals surface area contributed by atoms with E-state index in [1.165, 1.54) is 0 Å². The molecule has 0 saturated carbocycles. The Kier molecular flexibility index (Phi) is 4.33. The van der Waals surface area contributed by atoms with Crippen molar-refractivity contribution in [3.05, 3.63) is 12.4 Å². The molecule has 1 aromatic heterocycles. The molecule has 0 unspecified atom stereocenters. The molecule has 5 N–H and O–H groups in total. The first-order valence-corrected chi connectivity index (χ1v) is 2.49. The number of rotatable bonds is 0. The van der Waals surface area contributed by atoms with Gasteiger partial charge in [0.1, 0.15) is 0 Å². The van der Waals surface area contributed by atoms with Gasteiger partial charge in [0, 0.05) is 6.20 Å². The van der Waals surface area contributed by atoms with Crippen LogP contribution >= 0.6 is 12.2 Å². The zero-order valence-electron chi connectivity index (χ0n) is 4.61. The van der Waals surface area contributed by atoms with Crippen LogP contribution in [0.4, 0.5) is 0 Å². The lowest BCUT2D eigenvalue weighted by atomic mass is 11.0. The number of aromatic nitrogens is 3. The molecule has 0 atom stereocenters. The van der Waals surface area contributed by atoms with Gasteiger partial charge in [-0.25, -0.2) is 0 Å². The van der Waals surface area contributed by atoms with E-state index < -0.39 is 0 Å². The van der Waals surface area contributed by atoms with Crippen molar-refractivity contribution in [2.75, 3.05) is 0 Å². The minimum absolute atomic E-state index is 0.000000000000000222. The summed E-state index contributed by atoms with van der Waals surface area (Å²) in [5.41, 5.74) is 9.24. The van der Waals surface area contributed by atoms with Gasteiger partial charge in [-0.15, -0.1) is 5.10 Å². The van der Waals surface area contributed by atoms with Crippen LogP contribution in [0.25, 0.3) is 0 Å². The number of nitrogens with one attached hydrogen (secondary N) is 1. The van der Waals surface area contributed by atoms with Crippen molar-refractivity contribution in [3.63, 3.8) is 0 Å². The van der Waals surface area contributed by atoms with Gasteiger partial charge in [-0.3, -0.25) is 5.10 Å². The highest BCUT2D eigenvalue weighted by Gasteiger charge is 1.57. The second kappa shape index (κ2) is 4.98. The third-order valence-electron chi connectivity index (χ3n) is 0.331. The lowest BCUT2D eigenvalue weighted by Gasteiger charge is -1.68. The van der Waals surface area contributed by atoms with Crippen LogP contribution in [0.15, 0.2) is 12.4 Å². The van der Waals surface area contributed by atoms with Crippen molar-refractivity contribution in [2.24, 2.45) is 11.5 Å². The molecule has 0 spiro atoms. The summed E-state index contributed by atoms with van der Waals surface area (Å²) in [6.07, 6.45) is 3.24. The minimum atomic E-state index is 0.000000000000000222. The molecule has 6 heteroatoms. The normalized spacial score (nSPS) is 7.11. The van der Waals surface area contributed by atoms with Crippen molar-refractivity contribution in [1.82, 2.24) is 15.4 Å². The Balaban J connectivity index is 0.000000148. The molecule has 5 nitrogen and oxygen atoms in total. The first-order valence-electron chi connectivity index (χ1n) is 2.09. The molecular formula is C3H7N5S. The number of nitrogens with two attached hydrogens (primary N) is 2. The molecule has 1 aromatic rings. The summed E-state index contributed by atoms with van der Waals surface area (Å²) in [5, 5.41) is 9.26. The van der Waals surface area contributed by atoms with Crippen molar-refractivity contribution in [3.8, 4) is 0 Å². The first kappa shape index (κ1) is 7.83. The monoisotopic (exact) mass is 145 g/mol. The molecule has 1 heterocycles. The Morgan fingerprint density at radius 3 is 2.22 bits per heavy atom. The van der Waals surface area contributed by atoms with Gasteiger partial charge in [-0.05, 0) is 12.2 Å². The highest BCUT2D eigenvalue weighted by molar-refractivity contribution is 7.80. The van der Waals surface area contributed by atoms with E-state index >= 15 is 0 Å². The molecule has 0 aromatic carbocycles. The van der Waals surface area contributed by atoms with E-state index in [2.05, 4.69) is 39.1 Å². The molecule has 1 rings (SSSR count). The predicted molar refractivity (Wildman–Crippen MR) is 37.4 cm³/mol. The van der Waals surface area contributed by atoms with Gasteiger partial charge < -0.3 is 11.5 Å². The predicted octanol–water partition coefficient (Wildman–Crippen LogP) is -1.01. The van der Waals surface area contributed by atoms with E-state index in [-0.39, 0.29) is 5.11 Å². The third kappa shape index (κ3) is 10.9. The van der Waals surface area contributed by atoms with E-state index in [0.717, 1.165) is 0 Å². The van der Waals surface area contributed by atoms with Gasteiger partial charge in [0.15, 0.2) is 5.11 Å². The summed E-state index contributed by atoms with van der Waals surface area (Å²) in [6, 6.07) is 0. The largest absolute Gasteiger partial charge is 0.377 e. The molecule has 0 aliphatic rings. The summed E-state index contributed by atoms with van der Waals surface area (Å²) in [5.74, 6) is 0. The van der Waals surface area contributed by atoms with E-state index in [1.54, 1.807) is 12.4 Å². The molecule has 0 fully saturated rings. The molecular weight excluding hydrogens is 138 g/mol. The Morgan fingerprint density at radius 2 is 2.11 bits per heavy atom. The van der Waals surface area contributed by atoms with Crippen LogP contribution < -0.4 is 11.5 Å². The fourth-order valence-corrected chi connectivity index (χ4v) is 0.167. The summed E-state index contributed by atoms with van der Waals surface area (Å²) >= 11 is 4.09. The second-order valence-corrected chi connectivity index (χ2v) is 1.53. The maximum Gasteiger partial charge on any atom is 0.160 e. The molecule has 0 bridgehead atoms. The molecule has 0 amide bonds. The average Bonchev–Trinajstić information content (AvgIpc) is 2.11. The van der Waals surface area contributed by atoms with Gasteiger partial charge in [0.2, 0.25) is 0 Å². The van der Waals surface area contributed by atoms with Crippen LogP contribution in [-0.2, 0) is 0 Å². The van der Waals surface area contributed by atoms with E-state index in [4.69, 9.17) is 0 Å². The standard InChI is InChI=1S/C2H3N3.CH4N2S/c1-2-4-5-3-1;2-1(3)4/h1-2H,(H,3,4,5);(H4,2,3,4). The summed E-state index contributed by atoms with van der Waals surface area (Å²) in [6.45, 7) is 0. The number of hydrogen-bond acceptors (Lipinski definition) is 3. The van der Waals surface area contributed by atoms with E-state index in [0.29, 0.717) is 0 Å². The second-order valence-electron chi connectivity index (χ2n) is 1.06. The number of H-pyrrole nitrogens is 1. The Labute approximate surface area is 57.4 Å². The maximum atomic E-state index is 4.62. The Bertz CT molecular complexity index is 126. The number of hydrogen-bond donors (Lipinski definition) is 3. The topological polar surface area (TPSA) is 93.6 Å². The maximum absolute atomic E-state index is 4.62. The Morgan fingerprint density at radius 1 is 1.56 bits per heavy atom. The number of nitrogens with zero attached hydrogens (tertiary/aromatic N) is 2. The summed E-state index contributed by atoms with van der Waals surface area (Å²) in [4.78, 5) is 0. The lowest BCUT2D eigenvalue weighted by Crippen LogP contribution is -2.18. The molecule has 0 aliphatic heterocycles. The van der Waals surface area contributed by atoms with Crippen molar-refractivity contribution >= 4 is 17.3 Å². The molecule has 9 heavy (non-hydrogen) atoms. The zero-order chi connectivity index (χ0) is 7.11. The van der Waals surface area contributed by atoms with Crippen LogP contribution in [0.5, 0.6) is 0 Å². The fourth-order valence-electron chi connectivity index (χ4n) is 0.167. The summed E-state index contributed by atoms with van der Waals surface area (Å²) < 4.78 is 0. The van der Waals surface area contributed by atoms with Crippen LogP contribution in [0, 0.1) is 0 Å². The van der Waals surface area contributed by atoms with Crippen LogP contribution in [-0.4, -0.2) is 20.5 Å². The average molecular weight is 145 g/mol. The Hall–Kier alpha value is -1.17. The molecule has 0 saturated heterocycles. The minimum Gasteiger partial charge on any atom is -0.377 e. The molecule has 50 valence electrons. The zero-order valence-corrected chi connectivity index (χ0v) is 5.43. The van der Waals surface area contributed by atoms with Crippen molar-refractivity contribution in [2.45, 2.75) is 0 Å². The number of thiocarbonyl (C=S) groups is 1. The summed E-state index contributed by atoms with van der Waals surface area (Å²) in [7, 11) is 0. The van der Waals surface area contributed by atoms with Gasteiger partial charge >= 0.3 is 0 Å². The van der Waals surface area contributed by atoms with Crippen LogP contribution in [0.3, 0.4) is 0 Å². The van der Waals surface area contributed by atoms with E-state index in [9.17, 15) is 0 Å². The van der Waals surface area contributed by atoms with Gasteiger partial charge in [-0.2, -0.15) is 0 Å². The molecule has 0 radical (unpaired) electrons. The van der Waals surface area contributed by atoms with Gasteiger partial charge in [-0.1, -0.05) is 5.21 Å². The fraction of sp³-hybridized carbons (Fsp3) is 0. The van der Waals surface area contributed by atoms with Gasteiger partial charge in [0.05, 0.1) is 6.20 Å². The number of aromatic amines is 1. The van der Waals surface area contributed by atoms with E-state index in [1.807, 2.05) is 0 Å². The highest BCUT2D eigenvalue weighted by atomic mass is 32.1. The van der Waals surface area contributed by atoms with Crippen LogP contribution in [0.1, 0.15) is 0 Å².